The summed E-state index contributed by atoms with van der Waals surface area (Å²) in [5.74, 6) is -1.54. The predicted octanol–water partition coefficient (Wildman–Crippen LogP) is 1.56. The predicted molar refractivity (Wildman–Crippen MR) is 117 cm³/mol. The molecule has 1 amide bonds. The van der Waals surface area contributed by atoms with E-state index in [4.69, 9.17) is 24.8 Å². The zero-order valence-corrected chi connectivity index (χ0v) is 18.9. The molecule has 1 aromatic heterocycles. The molecule has 0 aliphatic carbocycles. The summed E-state index contributed by atoms with van der Waals surface area (Å²) in [7, 11) is 0. The number of nitrogens with one attached hydrogen (secondary N) is 1. The summed E-state index contributed by atoms with van der Waals surface area (Å²) in [6, 6.07) is 8.69. The van der Waals surface area contributed by atoms with E-state index in [9.17, 15) is 15.2 Å². The normalized spacial score (nSPS) is 17.4. The Hall–Kier alpha value is -3.30. The highest BCUT2D eigenvalue weighted by Crippen LogP contribution is 2.28. The number of hydroxylamine groups is 1. The highest BCUT2D eigenvalue weighted by molar-refractivity contribution is 6.00. The summed E-state index contributed by atoms with van der Waals surface area (Å²) in [6.45, 7) is 6.82. The number of benzene rings is 1. The first-order valence-electron chi connectivity index (χ1n) is 10.2. The number of rotatable bonds is 8. The number of hydrogen-bond donors (Lipinski definition) is 3. The number of amides is 1. The van der Waals surface area contributed by atoms with Crippen molar-refractivity contribution in [1.29, 1.82) is 5.26 Å². The maximum atomic E-state index is 12.8. The monoisotopic (exact) mass is 457 g/mol. The second-order valence-electron chi connectivity index (χ2n) is 8.60. The van der Waals surface area contributed by atoms with Gasteiger partial charge in [0.05, 0.1) is 23.8 Å². The lowest BCUT2D eigenvalue weighted by Crippen LogP contribution is -2.34. The molecule has 0 radical (unpaired) electrons. The molecule has 0 unspecified atom stereocenters. The lowest BCUT2D eigenvalue weighted by atomic mass is 10.1. The van der Waals surface area contributed by atoms with Crippen molar-refractivity contribution in [3.05, 3.63) is 35.4 Å². The fraction of sp³-hybridized carbons (Fsp3) is 0.455. The quantitative estimate of drug-likeness (QED) is 0.496. The Labute approximate surface area is 191 Å². The largest absolute Gasteiger partial charge is 0.474 e. The highest BCUT2D eigenvalue weighted by Gasteiger charge is 2.33. The van der Waals surface area contributed by atoms with E-state index < -0.39 is 17.3 Å². The van der Waals surface area contributed by atoms with Crippen molar-refractivity contribution < 1.29 is 28.9 Å². The van der Waals surface area contributed by atoms with Crippen LogP contribution in [0, 0.1) is 11.3 Å². The van der Waals surface area contributed by atoms with Crippen molar-refractivity contribution in [3.63, 3.8) is 0 Å². The molecular formula is C22H27N5O6. The number of nitrogen functional groups attached to an aromatic ring is 1. The van der Waals surface area contributed by atoms with E-state index in [1.54, 1.807) is 38.1 Å². The minimum Gasteiger partial charge on any atom is -0.474 e. The van der Waals surface area contributed by atoms with E-state index in [1.807, 2.05) is 0 Å². The van der Waals surface area contributed by atoms with Crippen molar-refractivity contribution in [3.8, 4) is 23.3 Å². The van der Waals surface area contributed by atoms with Crippen molar-refractivity contribution >= 4 is 11.7 Å². The SMILES string of the molecule is CC(C)(O)CONC(=O)c1c(N)nc(-c2cccc(C#N)c2)nc1OC[C@H]1COC(C)(C)O1. The van der Waals surface area contributed by atoms with Crippen LogP contribution in [0.15, 0.2) is 24.3 Å². The molecule has 3 rings (SSSR count). The number of carbonyl (C=O) groups excluding carboxylic acids is 1. The molecule has 4 N–H and O–H groups in total. The molecule has 1 fully saturated rings. The number of aromatic nitrogens is 2. The molecule has 1 saturated heterocycles. The Morgan fingerprint density at radius 2 is 2.18 bits per heavy atom. The fourth-order valence-electron chi connectivity index (χ4n) is 2.98. The van der Waals surface area contributed by atoms with E-state index in [0.29, 0.717) is 17.7 Å². The van der Waals surface area contributed by atoms with Gasteiger partial charge in [0.2, 0.25) is 5.88 Å². The van der Waals surface area contributed by atoms with Gasteiger partial charge >= 0.3 is 0 Å². The molecule has 2 heterocycles. The number of hydrogen-bond acceptors (Lipinski definition) is 10. The Bertz CT molecular complexity index is 1060. The van der Waals surface area contributed by atoms with Crippen LogP contribution in [0.2, 0.25) is 0 Å². The van der Waals surface area contributed by atoms with Gasteiger partial charge in [0.1, 0.15) is 30.7 Å². The van der Waals surface area contributed by atoms with Crippen LogP contribution in [0.5, 0.6) is 5.88 Å². The molecule has 11 heteroatoms. The van der Waals surface area contributed by atoms with Crippen molar-refractivity contribution in [2.24, 2.45) is 0 Å². The Morgan fingerprint density at radius 1 is 1.42 bits per heavy atom. The Morgan fingerprint density at radius 3 is 2.82 bits per heavy atom. The van der Waals surface area contributed by atoms with Crippen LogP contribution in [-0.2, 0) is 14.3 Å². The molecule has 11 nitrogen and oxygen atoms in total. The van der Waals surface area contributed by atoms with E-state index in [-0.39, 0.29) is 42.4 Å². The summed E-state index contributed by atoms with van der Waals surface area (Å²) in [6.07, 6.45) is -0.385. The number of nitriles is 1. The topological polar surface area (TPSA) is 162 Å². The zero-order chi connectivity index (χ0) is 24.2. The van der Waals surface area contributed by atoms with Gasteiger partial charge in [-0.2, -0.15) is 10.2 Å². The van der Waals surface area contributed by atoms with Crippen LogP contribution in [0.3, 0.4) is 0 Å². The summed E-state index contributed by atoms with van der Waals surface area (Å²) in [4.78, 5) is 26.4. The van der Waals surface area contributed by atoms with Crippen LogP contribution < -0.4 is 16.0 Å². The summed E-state index contributed by atoms with van der Waals surface area (Å²) in [5.41, 5.74) is 7.96. The van der Waals surface area contributed by atoms with Crippen LogP contribution in [0.4, 0.5) is 5.82 Å². The number of aliphatic hydroxyl groups is 1. The van der Waals surface area contributed by atoms with Gasteiger partial charge in [-0.1, -0.05) is 12.1 Å². The number of nitrogens with zero attached hydrogens (tertiary/aromatic N) is 3. The third-order valence-electron chi connectivity index (χ3n) is 4.44. The van der Waals surface area contributed by atoms with Gasteiger partial charge in [-0.25, -0.2) is 10.5 Å². The Balaban J connectivity index is 1.89. The third kappa shape index (κ3) is 6.59. The van der Waals surface area contributed by atoms with Gasteiger partial charge < -0.3 is 25.1 Å². The van der Waals surface area contributed by atoms with Gasteiger partial charge in [-0.3, -0.25) is 9.63 Å². The molecule has 0 bridgehead atoms. The number of anilines is 1. The molecule has 0 spiro atoms. The van der Waals surface area contributed by atoms with Crippen LogP contribution in [0.1, 0.15) is 43.6 Å². The first-order chi connectivity index (χ1) is 15.5. The first-order valence-corrected chi connectivity index (χ1v) is 10.2. The lowest BCUT2D eigenvalue weighted by Gasteiger charge is -2.19. The van der Waals surface area contributed by atoms with E-state index in [0.717, 1.165) is 0 Å². The van der Waals surface area contributed by atoms with Crippen molar-refractivity contribution in [2.45, 2.75) is 45.2 Å². The second-order valence-corrected chi connectivity index (χ2v) is 8.60. The number of ether oxygens (including phenoxy) is 3. The minimum absolute atomic E-state index is 0.0440. The molecule has 1 aliphatic rings. The van der Waals surface area contributed by atoms with Gasteiger partial charge in [-0.05, 0) is 39.8 Å². The maximum absolute atomic E-state index is 12.8. The van der Waals surface area contributed by atoms with Crippen LogP contribution in [-0.4, -0.2) is 58.3 Å². The molecule has 33 heavy (non-hydrogen) atoms. The highest BCUT2D eigenvalue weighted by atomic mass is 16.7. The summed E-state index contributed by atoms with van der Waals surface area (Å²) in [5, 5.41) is 18.9. The third-order valence-corrected chi connectivity index (χ3v) is 4.44. The zero-order valence-electron chi connectivity index (χ0n) is 18.9. The van der Waals surface area contributed by atoms with Gasteiger partial charge in [-0.15, -0.1) is 0 Å². The first kappa shape index (κ1) is 24.3. The number of nitrogens with two attached hydrogens (primary N) is 1. The average Bonchev–Trinajstić information content (AvgIpc) is 3.09. The lowest BCUT2D eigenvalue weighted by molar-refractivity contribution is -0.141. The van der Waals surface area contributed by atoms with Crippen LogP contribution >= 0.6 is 0 Å². The molecule has 1 atom stereocenters. The molecule has 1 aliphatic heterocycles. The van der Waals surface area contributed by atoms with E-state index in [2.05, 4.69) is 21.5 Å². The Kier molecular flexibility index (Phi) is 7.14. The van der Waals surface area contributed by atoms with Gasteiger partial charge in [0.15, 0.2) is 11.6 Å². The second kappa shape index (κ2) is 9.68. The molecule has 0 saturated carbocycles. The van der Waals surface area contributed by atoms with Crippen molar-refractivity contribution in [2.75, 3.05) is 25.6 Å². The smallest absolute Gasteiger partial charge is 0.284 e. The molecule has 1 aromatic carbocycles. The van der Waals surface area contributed by atoms with E-state index >= 15 is 0 Å². The standard InChI is InChI=1S/C22H27N5O6/c1-21(2,29)12-32-27-19(28)16-17(24)25-18(14-7-5-6-13(8-14)9-23)26-20(16)30-10-15-11-31-22(3,4)33-15/h5-8,15,29H,10-12H2,1-4H3,(H,27,28)(H2,24,25,26)/t15-/m0/s1. The molecule has 2 aromatic rings. The van der Waals surface area contributed by atoms with Crippen molar-refractivity contribution in [1.82, 2.24) is 15.4 Å². The van der Waals surface area contributed by atoms with Crippen LogP contribution in [0.25, 0.3) is 11.4 Å². The minimum atomic E-state index is -1.16. The van der Waals surface area contributed by atoms with Gasteiger partial charge in [0, 0.05) is 5.56 Å². The summed E-state index contributed by atoms with van der Waals surface area (Å²) < 4.78 is 17.1. The van der Waals surface area contributed by atoms with E-state index in [1.165, 1.54) is 13.8 Å². The van der Waals surface area contributed by atoms with Gasteiger partial charge in [0.25, 0.3) is 5.91 Å². The fourth-order valence-corrected chi connectivity index (χ4v) is 2.98. The molecule has 176 valence electrons. The average molecular weight is 457 g/mol. The number of carbonyl (C=O) groups is 1. The molecular weight excluding hydrogens is 430 g/mol. The maximum Gasteiger partial charge on any atom is 0.284 e. The summed E-state index contributed by atoms with van der Waals surface area (Å²) >= 11 is 0.